The van der Waals surface area contributed by atoms with Crippen LogP contribution < -0.4 is 85.9 Å². The Hall–Kier alpha value is -11.9. The van der Waals surface area contributed by atoms with Gasteiger partial charge in [-0.2, -0.15) is 0 Å². The van der Waals surface area contributed by atoms with Gasteiger partial charge in [-0.05, 0) is 121 Å². The number of aliphatic hydroxyl groups is 5. The van der Waals surface area contributed by atoms with Gasteiger partial charge in [0.25, 0.3) is 0 Å². The Morgan fingerprint density at radius 3 is 1.12 bits per heavy atom. The molecule has 45 heteroatoms. The van der Waals surface area contributed by atoms with Crippen molar-refractivity contribution >= 4 is 112 Å². The van der Waals surface area contributed by atoms with E-state index in [9.17, 15) is 137 Å². The Morgan fingerprint density at radius 1 is 0.381 bits per heavy atom. The maximum absolute atomic E-state index is 14.8. The van der Waals surface area contributed by atoms with Crippen molar-refractivity contribution in [1.82, 2.24) is 79.3 Å². The lowest BCUT2D eigenvalue weighted by Gasteiger charge is -2.32. The quantitative estimate of drug-likeness (QED) is 0.0274. The van der Waals surface area contributed by atoms with E-state index in [-0.39, 0.29) is 76.8 Å². The van der Waals surface area contributed by atoms with Gasteiger partial charge in [-0.1, -0.05) is 102 Å². The molecule has 126 heavy (non-hydrogen) atoms. The Labute approximate surface area is 727 Å². The highest BCUT2D eigenvalue weighted by atomic mass is 16.4. The van der Waals surface area contributed by atoms with Gasteiger partial charge in [-0.15, -0.1) is 0 Å². The summed E-state index contributed by atoms with van der Waals surface area (Å²) >= 11 is 0. The molecule has 1 saturated heterocycles. The number of rotatable bonds is 56. The Morgan fingerprint density at radius 2 is 0.714 bits per heavy atom. The van der Waals surface area contributed by atoms with Gasteiger partial charge in [-0.25, -0.2) is 4.79 Å². The van der Waals surface area contributed by atoms with E-state index < -0.39 is 285 Å². The molecule has 1 heterocycles. The second kappa shape index (κ2) is 54.1. The van der Waals surface area contributed by atoms with Crippen LogP contribution in [0.15, 0.2) is 60.7 Å². The summed E-state index contributed by atoms with van der Waals surface area (Å²) in [5, 5.41) is 125. The van der Waals surface area contributed by atoms with Gasteiger partial charge >= 0.3 is 23.9 Å². The summed E-state index contributed by atoms with van der Waals surface area (Å²) in [6, 6.07) is -11.1. The maximum Gasteiger partial charge on any atom is 0.326 e. The third-order valence-electron chi connectivity index (χ3n) is 19.9. The molecule has 0 saturated carbocycles. The predicted molar refractivity (Wildman–Crippen MR) is 445 cm³/mol. The molecule has 1 fully saturated rings. The first-order valence-corrected chi connectivity index (χ1v) is 41.4. The first kappa shape index (κ1) is 108. The molecule has 19 unspecified atom stereocenters. The van der Waals surface area contributed by atoms with Crippen LogP contribution in [0.5, 0.6) is 0 Å². The molecule has 19 atom stereocenters. The molecule has 1 aliphatic rings. The van der Waals surface area contributed by atoms with E-state index in [4.69, 9.17) is 11.5 Å². The molecule has 0 spiro atoms. The lowest BCUT2D eigenvalue weighted by molar-refractivity contribution is -0.145. The average Bonchev–Trinajstić information content (AvgIpc) is 1.62. The molecule has 1 aliphatic heterocycles. The highest BCUT2D eigenvalue weighted by Crippen LogP contribution is 2.23. The molecule has 2 aromatic carbocycles. The lowest BCUT2D eigenvalue weighted by Crippen LogP contribution is -2.64. The number of benzene rings is 2. The number of nitrogens with two attached hydrogens (primary N) is 2. The van der Waals surface area contributed by atoms with Crippen LogP contribution in [0.4, 0.5) is 0 Å². The standard InChI is InChI=1S/C81H125N17O28/c1-39(2)32-51(87-74(118)56(37-99)92-70(114)52(34-46-20-13-11-14-21-46)89-75(119)57(38-100)93-78(122)64(44(9)102)97-79(123)65(45(10)103)95-69(113)50(27-29-60(106)107)84-66(110)42(7)83)72(116)96-63(43(8)101)77(121)86-48(24-17-18-30-82)67(111)88-53(35-47-22-15-12-16-23-47)73(117)94-62(41(5)6)80(124)98-31-19-25-58(98)76(120)90-54(36-61(108)109)71(115)85-49(26-28-59(104)105)68(112)91-55(81(125)126)33-40(3)4/h11-16,20-23,39-45,48-58,62-65,99-103H,17-19,24-38,82-83H2,1-10H3,(H,84,110)(H,85,115)(H,86,121)(H,87,118)(H,88,111)(H,89,119)(H,90,120)(H,91,112)(H,92,114)(H,93,122)(H,94,117)(H,95,113)(H,96,116)(H,97,123)(H,104,105)(H,106,107)(H,108,109)(H,125,126). The van der Waals surface area contributed by atoms with Crippen LogP contribution in [0.1, 0.15) is 157 Å². The molecule has 0 aliphatic carbocycles. The van der Waals surface area contributed by atoms with Crippen molar-refractivity contribution in [2.45, 2.75) is 274 Å². The van der Waals surface area contributed by atoms with Gasteiger partial charge in [0.05, 0.1) is 44.0 Å². The summed E-state index contributed by atoms with van der Waals surface area (Å²) in [4.78, 5) is 259. The first-order valence-electron chi connectivity index (χ1n) is 41.4. The molecule has 3 rings (SSSR count). The topological polar surface area (TPSA) is 730 Å². The van der Waals surface area contributed by atoms with E-state index in [1.54, 1.807) is 90.1 Å². The number of carbonyl (C=O) groups is 19. The van der Waals surface area contributed by atoms with E-state index in [0.29, 0.717) is 11.1 Å². The molecule has 0 bridgehead atoms. The number of aliphatic hydroxyl groups excluding tert-OH is 5. The number of unbranched alkanes of at least 4 members (excludes halogenated alkanes) is 1. The molecule has 45 nitrogen and oxygen atoms in total. The van der Waals surface area contributed by atoms with Crippen molar-refractivity contribution < 1.29 is 137 Å². The van der Waals surface area contributed by atoms with Gasteiger partial charge in [0.2, 0.25) is 88.6 Å². The smallest absolute Gasteiger partial charge is 0.326 e. The van der Waals surface area contributed by atoms with Crippen molar-refractivity contribution in [3.63, 3.8) is 0 Å². The fraction of sp³-hybridized carbons (Fsp3) is 0.617. The van der Waals surface area contributed by atoms with Crippen molar-refractivity contribution in [3.8, 4) is 0 Å². The van der Waals surface area contributed by atoms with Crippen molar-refractivity contribution in [2.24, 2.45) is 29.2 Å². The largest absolute Gasteiger partial charge is 0.481 e. The number of hydrogen-bond donors (Lipinski definition) is 25. The molecular weight excluding hydrogens is 1660 g/mol. The normalized spacial score (nSPS) is 16.8. The van der Waals surface area contributed by atoms with E-state index in [2.05, 4.69) is 74.4 Å². The number of amides is 15. The minimum absolute atomic E-state index is 0.0491. The Kier molecular flexibility index (Phi) is 46.5. The van der Waals surface area contributed by atoms with Gasteiger partial charge in [0.15, 0.2) is 0 Å². The van der Waals surface area contributed by atoms with Crippen LogP contribution in [-0.4, -0.2) is 305 Å². The number of nitrogens with zero attached hydrogens (tertiary/aromatic N) is 1. The fourth-order valence-corrected chi connectivity index (χ4v) is 13.1. The molecular formula is C81H125N17O28. The Bertz CT molecular complexity index is 4040. The molecule has 0 aromatic heterocycles. The molecule has 2 aromatic rings. The van der Waals surface area contributed by atoms with Gasteiger partial charge in [-0.3, -0.25) is 86.3 Å². The van der Waals surface area contributed by atoms with Crippen LogP contribution in [0.2, 0.25) is 0 Å². The SMILES string of the molecule is CC(C)CC(NC(=O)C(CCC(=O)O)NC(=O)C(CC(=O)O)NC(=O)C1CCCN1C(=O)C(NC(=O)C(Cc1ccccc1)NC(=O)C(CCCCN)NC(=O)C(NC(=O)C(CC(C)C)NC(=O)C(CO)NC(=O)C(Cc1ccccc1)NC(=O)C(CO)NC(=O)C(NC(=O)C(NC(=O)C(CCC(=O)O)NC(=O)C(C)N)C(C)O)C(C)O)C(C)O)C(C)C)C(=O)O. The van der Waals surface area contributed by atoms with E-state index in [0.717, 1.165) is 25.7 Å². The zero-order valence-corrected chi connectivity index (χ0v) is 72.1. The average molecular weight is 1780 g/mol. The van der Waals surface area contributed by atoms with Crippen LogP contribution in [0, 0.1) is 17.8 Å². The van der Waals surface area contributed by atoms with Crippen LogP contribution in [0.25, 0.3) is 0 Å². The monoisotopic (exact) mass is 1780 g/mol. The number of likely N-dealkylation sites (tertiary alicyclic amines) is 1. The first-order chi connectivity index (χ1) is 59.1. The second-order valence-electron chi connectivity index (χ2n) is 32.1. The third-order valence-corrected chi connectivity index (χ3v) is 19.9. The highest BCUT2D eigenvalue weighted by molar-refractivity contribution is 6.02. The van der Waals surface area contributed by atoms with Gasteiger partial charge in [0, 0.05) is 32.2 Å². The number of aliphatic carboxylic acids is 4. The second-order valence-corrected chi connectivity index (χ2v) is 32.1. The van der Waals surface area contributed by atoms with E-state index in [1.807, 2.05) is 0 Å². The molecule has 27 N–H and O–H groups in total. The summed E-state index contributed by atoms with van der Waals surface area (Å²) in [5.74, 6) is -24.2. The van der Waals surface area contributed by atoms with Crippen LogP contribution in [-0.2, 0) is 104 Å². The maximum atomic E-state index is 14.8. The van der Waals surface area contributed by atoms with E-state index >= 15 is 0 Å². The summed E-state index contributed by atoms with van der Waals surface area (Å²) < 4.78 is 0. The summed E-state index contributed by atoms with van der Waals surface area (Å²) in [6.45, 7) is 11.8. The predicted octanol–water partition coefficient (Wildman–Crippen LogP) is -7.11. The lowest BCUT2D eigenvalue weighted by atomic mass is 9.99. The molecule has 702 valence electrons. The minimum Gasteiger partial charge on any atom is -0.481 e. The number of hydrogen-bond acceptors (Lipinski definition) is 26. The summed E-state index contributed by atoms with van der Waals surface area (Å²) in [6.07, 6.45) is -9.41. The molecule has 0 radical (unpaired) electrons. The molecule has 15 amide bonds. The number of nitrogens with one attached hydrogen (secondary N) is 14. The van der Waals surface area contributed by atoms with Crippen LogP contribution in [0.3, 0.4) is 0 Å². The van der Waals surface area contributed by atoms with Crippen molar-refractivity contribution in [3.05, 3.63) is 71.8 Å². The van der Waals surface area contributed by atoms with E-state index in [1.165, 1.54) is 19.1 Å². The minimum atomic E-state index is -2.03. The third kappa shape index (κ3) is 37.1. The van der Waals surface area contributed by atoms with Crippen molar-refractivity contribution in [2.75, 3.05) is 26.3 Å². The highest BCUT2D eigenvalue weighted by Gasteiger charge is 2.44. The van der Waals surface area contributed by atoms with Gasteiger partial charge in [0.1, 0.15) is 90.6 Å². The summed E-state index contributed by atoms with van der Waals surface area (Å²) in [5.41, 5.74) is 12.3. The number of carboxylic acid groups (broad SMARTS) is 4. The zero-order valence-electron chi connectivity index (χ0n) is 72.1. The number of carboxylic acids is 4. The zero-order chi connectivity index (χ0) is 95.1. The van der Waals surface area contributed by atoms with Crippen LogP contribution >= 0.6 is 0 Å². The van der Waals surface area contributed by atoms with Gasteiger partial charge < -0.3 is 137 Å². The summed E-state index contributed by atoms with van der Waals surface area (Å²) in [7, 11) is 0. The number of carbonyl (C=O) groups excluding carboxylic acids is 15. The van der Waals surface area contributed by atoms with Crippen molar-refractivity contribution in [1.29, 1.82) is 0 Å². The Balaban J connectivity index is 1.91. The fourth-order valence-electron chi connectivity index (χ4n) is 13.1.